The topological polar surface area (TPSA) is 38.3 Å². The fraction of sp³-hybridized carbons (Fsp3) is 0.409. The van der Waals surface area contributed by atoms with Crippen LogP contribution in [0.3, 0.4) is 0 Å². The third-order valence-electron chi connectivity index (χ3n) is 4.40. The van der Waals surface area contributed by atoms with Crippen LogP contribution in [0, 0.1) is 0 Å². The third kappa shape index (κ3) is 5.10. The summed E-state index contributed by atoms with van der Waals surface area (Å²) in [6.45, 7) is 10.6. The van der Waals surface area contributed by atoms with Gasteiger partial charge in [0.05, 0.1) is 4.47 Å². The molecule has 26 heavy (non-hydrogen) atoms. The van der Waals surface area contributed by atoms with Crippen LogP contribution in [-0.4, -0.2) is 12.5 Å². The second-order valence-corrected chi connectivity index (χ2v) is 7.93. The van der Waals surface area contributed by atoms with Crippen LogP contribution in [0.4, 0.5) is 5.69 Å². The number of hydrogen-bond donors (Lipinski definition) is 1. The molecular formula is C22H28BrNO2. The molecule has 3 nitrogen and oxygen atoms in total. The van der Waals surface area contributed by atoms with Crippen LogP contribution in [0.2, 0.25) is 0 Å². The number of aryl methyl sites for hydroxylation is 1. The molecule has 1 N–H and O–H groups in total. The quantitative estimate of drug-likeness (QED) is 0.575. The number of benzene rings is 2. The van der Waals surface area contributed by atoms with Gasteiger partial charge >= 0.3 is 0 Å². The van der Waals surface area contributed by atoms with Crippen LogP contribution in [-0.2, 0) is 11.2 Å². The lowest BCUT2D eigenvalue weighted by atomic mass is 9.92. The summed E-state index contributed by atoms with van der Waals surface area (Å²) in [5, 5.41) is 3.07. The fourth-order valence-electron chi connectivity index (χ4n) is 2.90. The van der Waals surface area contributed by atoms with E-state index in [-0.39, 0.29) is 12.5 Å². The average molecular weight is 418 g/mol. The molecule has 0 bridgehead atoms. The highest BCUT2D eigenvalue weighted by molar-refractivity contribution is 9.10. The molecule has 0 spiro atoms. The Morgan fingerprint density at radius 1 is 1.08 bits per heavy atom. The molecule has 140 valence electrons. The zero-order valence-corrected chi connectivity index (χ0v) is 17.8. The maximum Gasteiger partial charge on any atom is 0.262 e. The molecule has 0 atom stereocenters. The van der Waals surface area contributed by atoms with Gasteiger partial charge < -0.3 is 10.1 Å². The van der Waals surface area contributed by atoms with E-state index in [1.165, 1.54) is 5.56 Å². The predicted molar refractivity (Wildman–Crippen MR) is 112 cm³/mol. The summed E-state index contributed by atoms with van der Waals surface area (Å²) in [6.07, 6.45) is 0.962. The zero-order chi connectivity index (χ0) is 19.3. The molecule has 0 radical (unpaired) electrons. The lowest BCUT2D eigenvalue weighted by Crippen LogP contribution is -2.22. The van der Waals surface area contributed by atoms with Crippen molar-refractivity contribution in [2.24, 2.45) is 0 Å². The lowest BCUT2D eigenvalue weighted by Gasteiger charge is -2.20. The van der Waals surface area contributed by atoms with Gasteiger partial charge in [0.2, 0.25) is 0 Å². The van der Waals surface area contributed by atoms with Crippen molar-refractivity contribution in [2.75, 3.05) is 11.9 Å². The number of nitrogens with one attached hydrogen (secondary N) is 1. The molecule has 2 aromatic rings. The van der Waals surface area contributed by atoms with Crippen molar-refractivity contribution in [3.05, 3.63) is 57.6 Å². The molecule has 0 unspecified atom stereocenters. The Bertz CT molecular complexity index is 742. The molecule has 4 heteroatoms. The molecule has 2 aromatic carbocycles. The molecule has 0 saturated heterocycles. The Kier molecular flexibility index (Phi) is 7.27. The number of carbonyl (C=O) groups excluding carboxylic acids is 1. The van der Waals surface area contributed by atoms with Gasteiger partial charge in [0.25, 0.3) is 5.91 Å². The minimum atomic E-state index is -0.147. The summed E-state index contributed by atoms with van der Waals surface area (Å²) in [5.74, 6) is 1.20. The van der Waals surface area contributed by atoms with E-state index in [1.54, 1.807) is 0 Å². The highest BCUT2D eigenvalue weighted by Gasteiger charge is 2.16. The zero-order valence-electron chi connectivity index (χ0n) is 16.2. The van der Waals surface area contributed by atoms with Crippen molar-refractivity contribution in [2.45, 2.75) is 52.9 Å². The van der Waals surface area contributed by atoms with Gasteiger partial charge in [-0.1, -0.05) is 58.9 Å². The van der Waals surface area contributed by atoms with E-state index in [0.717, 1.165) is 27.7 Å². The molecular weight excluding hydrogens is 390 g/mol. The van der Waals surface area contributed by atoms with Gasteiger partial charge in [0, 0.05) is 5.69 Å². The third-order valence-corrected chi connectivity index (χ3v) is 5.02. The first kappa shape index (κ1) is 20.5. The number of rotatable bonds is 7. The SMILES string of the molecule is CCc1ccc(OCC(=O)Nc2c(C(C)C)cccc2C(C)C)c(Br)c1. The van der Waals surface area contributed by atoms with Gasteiger partial charge in [0.15, 0.2) is 6.61 Å². The molecule has 0 aliphatic heterocycles. The first-order valence-electron chi connectivity index (χ1n) is 9.17. The standard InChI is InChI=1S/C22H28BrNO2/c1-6-16-10-11-20(19(23)12-16)26-13-21(25)24-22-17(14(2)3)8-7-9-18(22)15(4)5/h7-12,14-15H,6,13H2,1-5H3,(H,24,25). The molecule has 0 saturated carbocycles. The number of halogens is 1. The summed E-state index contributed by atoms with van der Waals surface area (Å²) in [5.41, 5.74) is 4.45. The second kappa shape index (κ2) is 9.22. The summed E-state index contributed by atoms with van der Waals surface area (Å²) in [7, 11) is 0. The Morgan fingerprint density at radius 2 is 1.69 bits per heavy atom. The van der Waals surface area contributed by atoms with Gasteiger partial charge in [-0.05, 0) is 63.0 Å². The van der Waals surface area contributed by atoms with Crippen molar-refractivity contribution in [3.8, 4) is 5.75 Å². The maximum absolute atomic E-state index is 12.5. The van der Waals surface area contributed by atoms with Gasteiger partial charge in [-0.3, -0.25) is 4.79 Å². The number of anilines is 1. The Hall–Kier alpha value is -1.81. The molecule has 0 aliphatic rings. The van der Waals surface area contributed by atoms with E-state index in [2.05, 4.69) is 74.1 Å². The molecule has 0 fully saturated rings. The van der Waals surface area contributed by atoms with Gasteiger partial charge in [-0.15, -0.1) is 0 Å². The highest BCUT2D eigenvalue weighted by Crippen LogP contribution is 2.32. The fourth-order valence-corrected chi connectivity index (χ4v) is 3.44. The van der Waals surface area contributed by atoms with Gasteiger partial charge in [-0.25, -0.2) is 0 Å². The number of carbonyl (C=O) groups is 1. The summed E-state index contributed by atoms with van der Waals surface area (Å²) >= 11 is 3.51. The molecule has 0 heterocycles. The van der Waals surface area contributed by atoms with E-state index in [9.17, 15) is 4.79 Å². The van der Waals surface area contributed by atoms with Crippen molar-refractivity contribution < 1.29 is 9.53 Å². The van der Waals surface area contributed by atoms with Crippen molar-refractivity contribution in [3.63, 3.8) is 0 Å². The van der Waals surface area contributed by atoms with Crippen molar-refractivity contribution >= 4 is 27.5 Å². The molecule has 0 aromatic heterocycles. The summed E-state index contributed by atoms with van der Waals surface area (Å²) in [6, 6.07) is 12.2. The number of para-hydroxylation sites is 1. The molecule has 0 aliphatic carbocycles. The highest BCUT2D eigenvalue weighted by atomic mass is 79.9. The van der Waals surface area contributed by atoms with E-state index >= 15 is 0 Å². The summed E-state index contributed by atoms with van der Waals surface area (Å²) in [4.78, 5) is 12.5. The molecule has 1 amide bonds. The monoisotopic (exact) mass is 417 g/mol. The number of ether oxygens (including phenoxy) is 1. The van der Waals surface area contributed by atoms with Crippen LogP contribution < -0.4 is 10.1 Å². The normalized spacial score (nSPS) is 11.1. The van der Waals surface area contributed by atoms with Crippen LogP contribution in [0.25, 0.3) is 0 Å². The first-order chi connectivity index (χ1) is 12.3. The van der Waals surface area contributed by atoms with Crippen LogP contribution >= 0.6 is 15.9 Å². The van der Waals surface area contributed by atoms with E-state index in [1.807, 2.05) is 18.2 Å². The van der Waals surface area contributed by atoms with Crippen molar-refractivity contribution in [1.82, 2.24) is 0 Å². The predicted octanol–water partition coefficient (Wildman–Crippen LogP) is 6.28. The minimum absolute atomic E-state index is 0.0198. The lowest BCUT2D eigenvalue weighted by molar-refractivity contribution is -0.118. The second-order valence-electron chi connectivity index (χ2n) is 7.08. The first-order valence-corrected chi connectivity index (χ1v) is 9.96. The van der Waals surface area contributed by atoms with E-state index in [4.69, 9.17) is 4.74 Å². The largest absolute Gasteiger partial charge is 0.483 e. The van der Waals surface area contributed by atoms with E-state index < -0.39 is 0 Å². The van der Waals surface area contributed by atoms with Crippen LogP contribution in [0.1, 0.15) is 63.1 Å². The van der Waals surface area contributed by atoms with Crippen molar-refractivity contribution in [1.29, 1.82) is 0 Å². The Balaban J connectivity index is 2.13. The average Bonchev–Trinajstić information content (AvgIpc) is 2.60. The smallest absolute Gasteiger partial charge is 0.262 e. The van der Waals surface area contributed by atoms with Gasteiger partial charge in [0.1, 0.15) is 5.75 Å². The molecule has 2 rings (SSSR count). The van der Waals surface area contributed by atoms with Gasteiger partial charge in [-0.2, -0.15) is 0 Å². The summed E-state index contributed by atoms with van der Waals surface area (Å²) < 4.78 is 6.58. The number of hydrogen-bond acceptors (Lipinski definition) is 2. The maximum atomic E-state index is 12.5. The minimum Gasteiger partial charge on any atom is -0.483 e. The Morgan fingerprint density at radius 3 is 2.19 bits per heavy atom. The number of amides is 1. The van der Waals surface area contributed by atoms with Crippen LogP contribution in [0.15, 0.2) is 40.9 Å². The van der Waals surface area contributed by atoms with E-state index in [0.29, 0.717) is 17.6 Å². The van der Waals surface area contributed by atoms with Crippen LogP contribution in [0.5, 0.6) is 5.75 Å². The Labute approximate surface area is 165 Å².